The molecule has 0 saturated heterocycles. The van der Waals surface area contributed by atoms with Crippen molar-refractivity contribution >= 4 is 27.4 Å². The van der Waals surface area contributed by atoms with Crippen molar-refractivity contribution in [2.75, 3.05) is 4.90 Å². The lowest BCUT2D eigenvalue weighted by Gasteiger charge is -2.16. The fraction of sp³-hybridized carbons (Fsp3) is 0.143. The third-order valence-electron chi connectivity index (χ3n) is 3.36. The second kappa shape index (κ2) is 3.78. The molecule has 0 amide bonds. The maximum absolute atomic E-state index is 4.47. The van der Waals surface area contributed by atoms with Crippen LogP contribution in [0.3, 0.4) is 0 Å². The van der Waals surface area contributed by atoms with E-state index < -0.39 is 0 Å². The molecule has 1 aliphatic rings. The van der Waals surface area contributed by atoms with Crippen LogP contribution in [0.25, 0.3) is 10.2 Å². The lowest BCUT2D eigenvalue weighted by Crippen LogP contribution is -2.16. The monoisotopic (exact) mass is 253 g/mol. The smallest absolute Gasteiger partial charge is 0.150 e. The summed E-state index contributed by atoms with van der Waals surface area (Å²) in [7, 11) is 0. The molecule has 0 aliphatic carbocycles. The summed E-state index contributed by atoms with van der Waals surface area (Å²) in [6.45, 7) is 1.89. The van der Waals surface area contributed by atoms with Gasteiger partial charge in [0.05, 0.1) is 10.2 Å². The molecule has 3 nitrogen and oxygen atoms in total. The molecule has 0 bridgehead atoms. The lowest BCUT2D eigenvalue weighted by molar-refractivity contribution is 0.861. The lowest BCUT2D eigenvalue weighted by atomic mass is 10.1. The highest BCUT2D eigenvalue weighted by atomic mass is 32.1. The van der Waals surface area contributed by atoms with Gasteiger partial charge in [-0.25, -0.2) is 9.97 Å². The van der Waals surface area contributed by atoms with Gasteiger partial charge in [-0.1, -0.05) is 24.3 Å². The quantitative estimate of drug-likeness (QED) is 0.667. The number of aromatic nitrogens is 2. The molecule has 0 atom stereocenters. The number of rotatable bonds is 1. The second-order valence-electron chi connectivity index (χ2n) is 4.46. The Morgan fingerprint density at radius 1 is 1.00 bits per heavy atom. The van der Waals surface area contributed by atoms with Crippen LogP contribution in [0.1, 0.15) is 11.1 Å². The summed E-state index contributed by atoms with van der Waals surface area (Å²) in [5.74, 6) is 1.06. The highest BCUT2D eigenvalue weighted by Gasteiger charge is 2.21. The number of hydrogen-bond acceptors (Lipinski definition) is 4. The molecular weight excluding hydrogens is 242 g/mol. The van der Waals surface area contributed by atoms with Crippen molar-refractivity contribution in [3.8, 4) is 0 Å². The number of thiophene rings is 1. The topological polar surface area (TPSA) is 29.0 Å². The summed E-state index contributed by atoms with van der Waals surface area (Å²) < 4.78 is 1.19. The molecule has 3 heterocycles. The first-order chi connectivity index (χ1) is 8.92. The Morgan fingerprint density at radius 2 is 1.78 bits per heavy atom. The summed E-state index contributed by atoms with van der Waals surface area (Å²) >= 11 is 1.71. The summed E-state index contributed by atoms with van der Waals surface area (Å²) in [4.78, 5) is 11.1. The van der Waals surface area contributed by atoms with E-state index in [1.807, 2.05) is 6.07 Å². The van der Waals surface area contributed by atoms with Crippen molar-refractivity contribution in [2.24, 2.45) is 0 Å². The zero-order chi connectivity index (χ0) is 11.9. The van der Waals surface area contributed by atoms with Gasteiger partial charge >= 0.3 is 0 Å². The molecule has 2 aromatic heterocycles. The third-order valence-corrected chi connectivity index (χ3v) is 4.26. The van der Waals surface area contributed by atoms with Crippen LogP contribution in [0.15, 0.2) is 42.0 Å². The van der Waals surface area contributed by atoms with E-state index in [1.165, 1.54) is 15.8 Å². The minimum Gasteiger partial charge on any atom is -0.347 e. The first-order valence-corrected chi connectivity index (χ1v) is 6.80. The van der Waals surface area contributed by atoms with Crippen molar-refractivity contribution in [3.05, 3.63) is 53.2 Å². The zero-order valence-electron chi connectivity index (χ0n) is 9.71. The summed E-state index contributed by atoms with van der Waals surface area (Å²) in [5, 5.41) is 2.08. The molecule has 4 rings (SSSR count). The second-order valence-corrected chi connectivity index (χ2v) is 5.37. The summed E-state index contributed by atoms with van der Waals surface area (Å²) in [6, 6.07) is 10.6. The molecule has 4 heteroatoms. The van der Waals surface area contributed by atoms with Crippen LogP contribution in [-0.2, 0) is 13.1 Å². The van der Waals surface area contributed by atoms with Crippen molar-refractivity contribution < 1.29 is 0 Å². The van der Waals surface area contributed by atoms with E-state index in [9.17, 15) is 0 Å². The first kappa shape index (κ1) is 10.0. The Labute approximate surface area is 109 Å². The molecule has 0 saturated carbocycles. The molecule has 0 radical (unpaired) electrons. The van der Waals surface area contributed by atoms with Crippen molar-refractivity contribution in [2.45, 2.75) is 13.1 Å². The largest absolute Gasteiger partial charge is 0.347 e. The van der Waals surface area contributed by atoms with E-state index in [1.54, 1.807) is 17.7 Å². The Morgan fingerprint density at radius 3 is 2.56 bits per heavy atom. The number of nitrogens with zero attached hydrogens (tertiary/aromatic N) is 3. The molecule has 88 valence electrons. The maximum atomic E-state index is 4.47. The van der Waals surface area contributed by atoms with Crippen molar-refractivity contribution in [1.82, 2.24) is 9.97 Å². The van der Waals surface area contributed by atoms with Crippen LogP contribution in [-0.4, -0.2) is 9.97 Å². The third kappa shape index (κ3) is 1.42. The minimum atomic E-state index is 0.945. The van der Waals surface area contributed by atoms with Gasteiger partial charge in [0.15, 0.2) is 5.82 Å². The Balaban J connectivity index is 1.80. The van der Waals surface area contributed by atoms with Crippen molar-refractivity contribution in [3.63, 3.8) is 0 Å². The van der Waals surface area contributed by atoms with Gasteiger partial charge in [-0.15, -0.1) is 11.3 Å². The number of benzene rings is 1. The van der Waals surface area contributed by atoms with Crippen LogP contribution < -0.4 is 4.90 Å². The van der Waals surface area contributed by atoms with Crippen LogP contribution in [0, 0.1) is 0 Å². The Bertz CT molecular complexity index is 695. The predicted molar refractivity (Wildman–Crippen MR) is 73.7 cm³/mol. The van der Waals surface area contributed by atoms with Crippen LogP contribution in [0.4, 0.5) is 5.82 Å². The highest BCUT2D eigenvalue weighted by Crippen LogP contribution is 2.33. The average Bonchev–Trinajstić information content (AvgIpc) is 3.04. The number of anilines is 1. The molecule has 0 spiro atoms. The maximum Gasteiger partial charge on any atom is 0.150 e. The van der Waals surface area contributed by atoms with Crippen LogP contribution in [0.5, 0.6) is 0 Å². The SMILES string of the molecule is c1ccc2c(c1)CN(c1ncnc3ccsc13)C2. The molecular formula is C14H11N3S. The van der Waals surface area contributed by atoms with E-state index in [4.69, 9.17) is 0 Å². The standard InChI is InChI=1S/C14H11N3S/c1-2-4-11-8-17(7-10(11)3-1)14-13-12(5-6-18-13)15-9-16-14/h1-6,9H,7-8H2. The molecule has 1 aliphatic heterocycles. The van der Waals surface area contributed by atoms with Gasteiger partial charge in [0.1, 0.15) is 6.33 Å². The zero-order valence-corrected chi connectivity index (χ0v) is 10.5. The fourth-order valence-corrected chi connectivity index (χ4v) is 3.35. The average molecular weight is 253 g/mol. The van der Waals surface area contributed by atoms with E-state index in [0.29, 0.717) is 0 Å². The minimum absolute atomic E-state index is 0.945. The van der Waals surface area contributed by atoms with Crippen LogP contribution >= 0.6 is 11.3 Å². The Kier molecular flexibility index (Phi) is 2.11. The predicted octanol–water partition coefficient (Wildman–Crippen LogP) is 3.21. The van der Waals surface area contributed by atoms with Gasteiger partial charge < -0.3 is 4.90 Å². The van der Waals surface area contributed by atoms with Crippen molar-refractivity contribution in [1.29, 1.82) is 0 Å². The summed E-state index contributed by atoms with van der Waals surface area (Å²) in [5.41, 5.74) is 3.85. The molecule has 0 N–H and O–H groups in total. The first-order valence-electron chi connectivity index (χ1n) is 5.92. The number of hydrogen-bond donors (Lipinski definition) is 0. The van der Waals surface area contributed by atoms with Crippen LogP contribution in [0.2, 0.25) is 0 Å². The van der Waals surface area contributed by atoms with Gasteiger partial charge in [0.2, 0.25) is 0 Å². The van der Waals surface area contributed by atoms with Gasteiger partial charge in [-0.05, 0) is 22.6 Å². The Hall–Kier alpha value is -1.94. The van der Waals surface area contributed by atoms with Gasteiger partial charge in [0, 0.05) is 13.1 Å². The molecule has 3 aromatic rings. The van der Waals surface area contributed by atoms with E-state index in [-0.39, 0.29) is 0 Å². The van der Waals surface area contributed by atoms with E-state index in [2.05, 4.69) is 44.5 Å². The normalized spacial score (nSPS) is 14.1. The summed E-state index contributed by atoms with van der Waals surface area (Å²) in [6.07, 6.45) is 1.66. The molecule has 18 heavy (non-hydrogen) atoms. The highest BCUT2D eigenvalue weighted by molar-refractivity contribution is 7.17. The molecule has 0 unspecified atom stereocenters. The molecule has 1 aromatic carbocycles. The van der Waals surface area contributed by atoms with Gasteiger partial charge in [-0.3, -0.25) is 0 Å². The number of fused-ring (bicyclic) bond motifs is 2. The molecule has 0 fully saturated rings. The fourth-order valence-electron chi connectivity index (χ4n) is 2.48. The van der Waals surface area contributed by atoms with E-state index in [0.717, 1.165) is 24.4 Å². The van der Waals surface area contributed by atoms with E-state index >= 15 is 0 Å². The van der Waals surface area contributed by atoms with Gasteiger partial charge in [-0.2, -0.15) is 0 Å². The van der Waals surface area contributed by atoms with Gasteiger partial charge in [0.25, 0.3) is 0 Å².